The highest BCUT2D eigenvalue weighted by Crippen LogP contribution is 2.36. The minimum absolute atomic E-state index is 0.610. The summed E-state index contributed by atoms with van der Waals surface area (Å²) in [4.78, 5) is 0. The van der Waals surface area contributed by atoms with Gasteiger partial charge in [-0.25, -0.2) is 0 Å². The van der Waals surface area contributed by atoms with Gasteiger partial charge in [0.05, 0.1) is 0 Å². The van der Waals surface area contributed by atoms with Gasteiger partial charge in [-0.15, -0.1) is 0 Å². The van der Waals surface area contributed by atoms with Crippen LogP contribution in [0.1, 0.15) is 0 Å². The smallest absolute Gasteiger partial charge is 0.131 e. The largest absolute Gasteiger partial charge is 0.457 e. The summed E-state index contributed by atoms with van der Waals surface area (Å²) in [5.41, 5.74) is 0. The Labute approximate surface area is 283 Å². The number of ether oxygens (including phenoxy) is 7. The highest BCUT2D eigenvalue weighted by Gasteiger charge is 2.09. The van der Waals surface area contributed by atoms with Gasteiger partial charge in [0.15, 0.2) is 0 Å². The molecule has 7 aromatic rings. The third-order valence-corrected chi connectivity index (χ3v) is 7.29. The van der Waals surface area contributed by atoms with Crippen molar-refractivity contribution >= 4 is 0 Å². The lowest BCUT2D eigenvalue weighted by Crippen LogP contribution is -1.91. The fraction of sp³-hybridized carbons (Fsp3) is 0. The van der Waals surface area contributed by atoms with E-state index in [1.807, 2.05) is 170 Å². The van der Waals surface area contributed by atoms with Crippen LogP contribution >= 0.6 is 0 Å². The SMILES string of the molecule is c1cc2cc(c1)Oc1cccc(c1)Oc1cccc(c1)Oc1cccc(c1)Oc1cccc(c1)Oc1cccc(c1)Oc1cccc(c1)O2. The maximum atomic E-state index is 6.18. The summed E-state index contributed by atoms with van der Waals surface area (Å²) in [5, 5.41) is 0. The number of rotatable bonds is 0. The van der Waals surface area contributed by atoms with Crippen molar-refractivity contribution in [1.82, 2.24) is 0 Å². The lowest BCUT2D eigenvalue weighted by Gasteiger charge is -2.13. The van der Waals surface area contributed by atoms with Gasteiger partial charge < -0.3 is 33.2 Å². The second-order valence-corrected chi connectivity index (χ2v) is 11.0. The molecule has 8 rings (SSSR count). The van der Waals surface area contributed by atoms with Gasteiger partial charge in [-0.05, 0) is 84.9 Å². The van der Waals surface area contributed by atoms with Crippen molar-refractivity contribution in [3.63, 3.8) is 0 Å². The summed E-state index contributed by atoms with van der Waals surface area (Å²) in [6.07, 6.45) is 0. The quantitative estimate of drug-likeness (QED) is 0.163. The van der Waals surface area contributed by atoms with Gasteiger partial charge in [0, 0.05) is 42.5 Å². The Hall–Kier alpha value is -6.86. The van der Waals surface area contributed by atoms with E-state index in [9.17, 15) is 0 Å². The predicted molar refractivity (Wildman–Crippen MR) is 186 cm³/mol. The molecule has 0 aliphatic carbocycles. The zero-order valence-electron chi connectivity index (χ0n) is 26.0. The van der Waals surface area contributed by atoms with Crippen molar-refractivity contribution in [2.45, 2.75) is 0 Å². The van der Waals surface area contributed by atoms with Crippen LogP contribution in [0.5, 0.6) is 80.5 Å². The molecule has 49 heavy (non-hydrogen) atoms. The molecule has 7 aromatic carbocycles. The van der Waals surface area contributed by atoms with Gasteiger partial charge in [0.2, 0.25) is 0 Å². The molecular formula is C42H28O7. The maximum absolute atomic E-state index is 6.18. The van der Waals surface area contributed by atoms with E-state index in [0.717, 1.165) is 0 Å². The molecule has 7 nitrogen and oxygen atoms in total. The first-order valence-electron chi connectivity index (χ1n) is 15.6. The summed E-state index contributed by atoms with van der Waals surface area (Å²) in [6.45, 7) is 0. The lowest BCUT2D eigenvalue weighted by molar-refractivity contribution is 0.440. The summed E-state index contributed by atoms with van der Waals surface area (Å²) >= 11 is 0. The van der Waals surface area contributed by atoms with E-state index < -0.39 is 0 Å². The molecule has 0 N–H and O–H groups in total. The van der Waals surface area contributed by atoms with Crippen LogP contribution in [0.15, 0.2) is 170 Å². The van der Waals surface area contributed by atoms with Crippen molar-refractivity contribution in [2.24, 2.45) is 0 Å². The van der Waals surface area contributed by atoms with Gasteiger partial charge in [0.25, 0.3) is 0 Å². The van der Waals surface area contributed by atoms with E-state index in [1.165, 1.54) is 0 Å². The van der Waals surface area contributed by atoms with E-state index in [1.54, 1.807) is 0 Å². The number of hydrogen-bond acceptors (Lipinski definition) is 7. The highest BCUT2D eigenvalue weighted by molar-refractivity contribution is 5.47. The Morgan fingerprint density at radius 3 is 0.367 bits per heavy atom. The van der Waals surface area contributed by atoms with Crippen LogP contribution in [0, 0.1) is 0 Å². The van der Waals surface area contributed by atoms with Crippen molar-refractivity contribution < 1.29 is 33.2 Å². The van der Waals surface area contributed by atoms with Crippen molar-refractivity contribution in [1.29, 1.82) is 0 Å². The lowest BCUT2D eigenvalue weighted by atomic mass is 10.2. The minimum atomic E-state index is 0.610. The molecule has 0 fully saturated rings. The highest BCUT2D eigenvalue weighted by atomic mass is 16.5. The summed E-state index contributed by atoms with van der Waals surface area (Å²) in [6, 6.07) is 52.0. The normalized spacial score (nSPS) is 12.0. The van der Waals surface area contributed by atoms with Gasteiger partial charge in [0.1, 0.15) is 80.5 Å². The van der Waals surface area contributed by atoms with Gasteiger partial charge in [-0.1, -0.05) is 42.5 Å². The molecule has 238 valence electrons. The third-order valence-electron chi connectivity index (χ3n) is 7.29. The molecule has 14 bridgehead atoms. The number of benzene rings is 7. The first-order chi connectivity index (χ1) is 24.1. The van der Waals surface area contributed by atoms with Crippen LogP contribution < -0.4 is 33.2 Å². The van der Waals surface area contributed by atoms with Crippen LogP contribution in [0.4, 0.5) is 0 Å². The molecule has 0 unspecified atom stereocenters. The van der Waals surface area contributed by atoms with Gasteiger partial charge >= 0.3 is 0 Å². The van der Waals surface area contributed by atoms with E-state index in [0.29, 0.717) is 80.5 Å². The molecule has 1 aliphatic heterocycles. The first-order valence-corrected chi connectivity index (χ1v) is 15.6. The number of hydrogen-bond donors (Lipinski definition) is 0. The Kier molecular flexibility index (Phi) is 8.12. The average Bonchev–Trinajstić information content (AvgIpc) is 3.09. The molecular weight excluding hydrogens is 616 g/mol. The predicted octanol–water partition coefficient (Wildman–Crippen LogP) is 12.5. The molecule has 0 amide bonds. The molecule has 0 saturated carbocycles. The Bertz CT molecular complexity index is 1680. The van der Waals surface area contributed by atoms with Crippen LogP contribution in [-0.4, -0.2) is 0 Å². The minimum Gasteiger partial charge on any atom is -0.457 e. The van der Waals surface area contributed by atoms with Crippen molar-refractivity contribution in [3.8, 4) is 80.5 Å². The van der Waals surface area contributed by atoms with E-state index in [-0.39, 0.29) is 0 Å². The van der Waals surface area contributed by atoms with Crippen molar-refractivity contribution in [3.05, 3.63) is 170 Å². The monoisotopic (exact) mass is 644 g/mol. The molecule has 0 spiro atoms. The van der Waals surface area contributed by atoms with Gasteiger partial charge in [-0.3, -0.25) is 0 Å². The standard InChI is InChI=1S/C42H28O7/c1-8-29-22-30(9-1)44-32-11-3-13-34(24-32)46-36-15-5-17-38(26-36)48-40-19-7-21-42(28-40)49-41-20-6-18-39(27-41)47-37-16-4-14-35(25-37)45-33-12-2-10-31(23-33)43-29/h1-28H. The molecule has 1 heterocycles. The Balaban J connectivity index is 1.13. The molecule has 7 heteroatoms. The second kappa shape index (κ2) is 13.5. The van der Waals surface area contributed by atoms with Crippen LogP contribution in [0.2, 0.25) is 0 Å². The van der Waals surface area contributed by atoms with Crippen LogP contribution in [-0.2, 0) is 0 Å². The molecule has 0 saturated heterocycles. The van der Waals surface area contributed by atoms with Crippen LogP contribution in [0.3, 0.4) is 0 Å². The van der Waals surface area contributed by atoms with Gasteiger partial charge in [-0.2, -0.15) is 0 Å². The van der Waals surface area contributed by atoms with E-state index in [2.05, 4.69) is 0 Å². The molecule has 1 aliphatic rings. The fourth-order valence-electron chi connectivity index (χ4n) is 5.16. The fourth-order valence-corrected chi connectivity index (χ4v) is 5.16. The topological polar surface area (TPSA) is 64.6 Å². The zero-order chi connectivity index (χ0) is 32.8. The Morgan fingerprint density at radius 1 is 0.163 bits per heavy atom. The van der Waals surface area contributed by atoms with E-state index in [4.69, 9.17) is 33.2 Å². The summed E-state index contributed by atoms with van der Waals surface area (Å²) in [7, 11) is 0. The summed E-state index contributed by atoms with van der Waals surface area (Å²) in [5.74, 6) is 8.54. The second-order valence-electron chi connectivity index (χ2n) is 11.0. The zero-order valence-corrected chi connectivity index (χ0v) is 26.0. The molecule has 0 atom stereocenters. The maximum Gasteiger partial charge on any atom is 0.131 e. The van der Waals surface area contributed by atoms with Crippen molar-refractivity contribution in [2.75, 3.05) is 0 Å². The number of fused-ring (bicyclic) bond motifs is 14. The average molecular weight is 645 g/mol. The molecule has 0 radical (unpaired) electrons. The first kappa shape index (κ1) is 29.5. The van der Waals surface area contributed by atoms with Crippen LogP contribution in [0.25, 0.3) is 0 Å². The molecule has 0 aromatic heterocycles. The third kappa shape index (κ3) is 7.59. The van der Waals surface area contributed by atoms with E-state index >= 15 is 0 Å². The Morgan fingerprint density at radius 2 is 0.265 bits per heavy atom. The summed E-state index contributed by atoms with van der Waals surface area (Å²) < 4.78 is 43.3.